The van der Waals surface area contributed by atoms with Gasteiger partial charge in [-0.1, -0.05) is 27.7 Å². The molecule has 0 amide bonds. The van der Waals surface area contributed by atoms with Gasteiger partial charge >= 0.3 is 0 Å². The molecule has 1 aromatic rings. The fourth-order valence-corrected chi connectivity index (χ4v) is 3.09. The average molecular weight is 290 g/mol. The largest absolute Gasteiger partial charge is 0.366 e. The summed E-state index contributed by atoms with van der Waals surface area (Å²) in [6.07, 6.45) is 4.45. The molecule has 0 saturated carbocycles. The zero-order valence-corrected chi connectivity index (χ0v) is 14.2. The van der Waals surface area contributed by atoms with Crippen LogP contribution < -0.4 is 10.2 Å². The van der Waals surface area contributed by atoms with Crippen molar-refractivity contribution < 1.29 is 0 Å². The van der Waals surface area contributed by atoms with Gasteiger partial charge in [0.25, 0.3) is 0 Å². The third kappa shape index (κ3) is 3.94. The topological polar surface area (TPSA) is 41.1 Å². The highest BCUT2D eigenvalue weighted by molar-refractivity contribution is 5.51. The maximum atomic E-state index is 4.83. The fourth-order valence-electron chi connectivity index (χ4n) is 3.09. The van der Waals surface area contributed by atoms with Gasteiger partial charge in [-0.3, -0.25) is 0 Å². The number of anilines is 1. The van der Waals surface area contributed by atoms with Crippen LogP contribution in [0.25, 0.3) is 0 Å². The first-order valence-electron chi connectivity index (χ1n) is 8.36. The van der Waals surface area contributed by atoms with Crippen molar-refractivity contribution in [3.8, 4) is 0 Å². The third-order valence-electron chi connectivity index (χ3n) is 4.19. The smallest absolute Gasteiger partial charge is 0.131 e. The zero-order valence-electron chi connectivity index (χ0n) is 14.2. The summed E-state index contributed by atoms with van der Waals surface area (Å²) in [7, 11) is 0. The van der Waals surface area contributed by atoms with Crippen molar-refractivity contribution in [2.75, 3.05) is 18.0 Å². The van der Waals surface area contributed by atoms with Crippen LogP contribution in [0, 0.1) is 5.92 Å². The van der Waals surface area contributed by atoms with Gasteiger partial charge in [-0.25, -0.2) is 9.97 Å². The van der Waals surface area contributed by atoms with Crippen molar-refractivity contribution >= 4 is 5.69 Å². The van der Waals surface area contributed by atoms with Crippen LogP contribution in [0.2, 0.25) is 0 Å². The predicted octanol–water partition coefficient (Wildman–Crippen LogP) is 3.33. The molecule has 4 heteroatoms. The summed E-state index contributed by atoms with van der Waals surface area (Å²) in [5, 5.41) is 3.49. The Morgan fingerprint density at radius 1 is 1.38 bits per heavy atom. The second-order valence-electron chi connectivity index (χ2n) is 6.73. The molecule has 21 heavy (non-hydrogen) atoms. The first kappa shape index (κ1) is 16.2. The Bertz CT molecular complexity index is 458. The molecular formula is C17H30N4. The van der Waals surface area contributed by atoms with Gasteiger partial charge < -0.3 is 10.2 Å². The summed E-state index contributed by atoms with van der Waals surface area (Å²) in [5.74, 6) is 2.08. The van der Waals surface area contributed by atoms with E-state index in [0.717, 1.165) is 43.5 Å². The maximum absolute atomic E-state index is 4.83. The Hall–Kier alpha value is -1.16. The Labute approximate surface area is 129 Å². The van der Waals surface area contributed by atoms with Crippen LogP contribution in [0.5, 0.6) is 0 Å². The molecule has 1 aromatic heterocycles. The van der Waals surface area contributed by atoms with Gasteiger partial charge in [0.2, 0.25) is 0 Å². The molecule has 0 radical (unpaired) electrons. The summed E-state index contributed by atoms with van der Waals surface area (Å²) >= 11 is 0. The van der Waals surface area contributed by atoms with Gasteiger partial charge in [0, 0.05) is 25.0 Å². The molecule has 1 aliphatic rings. The van der Waals surface area contributed by atoms with Crippen molar-refractivity contribution in [2.45, 2.75) is 66.0 Å². The lowest BCUT2D eigenvalue weighted by Gasteiger charge is -2.26. The zero-order chi connectivity index (χ0) is 15.4. The van der Waals surface area contributed by atoms with Gasteiger partial charge in [-0.2, -0.15) is 0 Å². The fraction of sp³-hybridized carbons (Fsp3) is 0.765. The normalized spacial score (nSPS) is 22.3. The predicted molar refractivity (Wildman–Crippen MR) is 88.7 cm³/mol. The van der Waals surface area contributed by atoms with Crippen molar-refractivity contribution in [1.29, 1.82) is 0 Å². The lowest BCUT2D eigenvalue weighted by atomic mass is 10.1. The molecule has 1 saturated heterocycles. The molecule has 1 aliphatic heterocycles. The molecule has 118 valence electrons. The van der Waals surface area contributed by atoms with E-state index in [4.69, 9.17) is 4.98 Å². The van der Waals surface area contributed by atoms with Crippen molar-refractivity contribution in [2.24, 2.45) is 5.92 Å². The minimum atomic E-state index is 0.374. The summed E-state index contributed by atoms with van der Waals surface area (Å²) in [4.78, 5) is 11.9. The second-order valence-corrected chi connectivity index (χ2v) is 6.73. The number of rotatable bonds is 6. The molecule has 2 rings (SSSR count). The molecule has 2 unspecified atom stereocenters. The highest BCUT2D eigenvalue weighted by Crippen LogP contribution is 2.30. The lowest BCUT2D eigenvalue weighted by Crippen LogP contribution is -2.29. The Morgan fingerprint density at radius 2 is 2.14 bits per heavy atom. The van der Waals surface area contributed by atoms with Gasteiger partial charge in [0.1, 0.15) is 5.82 Å². The second kappa shape index (κ2) is 7.21. The van der Waals surface area contributed by atoms with E-state index in [-0.39, 0.29) is 0 Å². The summed E-state index contributed by atoms with van der Waals surface area (Å²) < 4.78 is 0. The van der Waals surface area contributed by atoms with Crippen molar-refractivity contribution in [3.63, 3.8) is 0 Å². The number of hydrogen-bond donors (Lipinski definition) is 1. The van der Waals surface area contributed by atoms with Crippen LogP contribution in [-0.2, 0) is 6.54 Å². The summed E-state index contributed by atoms with van der Waals surface area (Å²) in [6, 6.07) is 0.582. The Kier molecular flexibility index (Phi) is 5.57. The number of nitrogens with one attached hydrogen (secondary N) is 1. The van der Waals surface area contributed by atoms with Crippen molar-refractivity contribution in [3.05, 3.63) is 17.7 Å². The SMILES string of the molecule is CCCNCc1nc(C(C)C)ncc1N1CC(C)CC1C. The van der Waals surface area contributed by atoms with E-state index in [9.17, 15) is 0 Å². The molecule has 0 aromatic carbocycles. The summed E-state index contributed by atoms with van der Waals surface area (Å²) in [6.45, 7) is 14.1. The highest BCUT2D eigenvalue weighted by Gasteiger charge is 2.28. The van der Waals surface area contributed by atoms with E-state index < -0.39 is 0 Å². The summed E-state index contributed by atoms with van der Waals surface area (Å²) in [5.41, 5.74) is 2.38. The number of aromatic nitrogens is 2. The number of hydrogen-bond acceptors (Lipinski definition) is 4. The quantitative estimate of drug-likeness (QED) is 0.816. The van der Waals surface area contributed by atoms with E-state index in [1.807, 2.05) is 6.20 Å². The molecule has 1 fully saturated rings. The van der Waals surface area contributed by atoms with Crippen LogP contribution >= 0.6 is 0 Å². The van der Waals surface area contributed by atoms with Crippen LogP contribution in [0.4, 0.5) is 5.69 Å². The first-order chi connectivity index (χ1) is 10.0. The molecule has 0 aliphatic carbocycles. The average Bonchev–Trinajstić information content (AvgIpc) is 2.77. The van der Waals surface area contributed by atoms with Gasteiger partial charge in [0.15, 0.2) is 0 Å². The molecule has 2 atom stereocenters. The van der Waals surface area contributed by atoms with E-state index in [1.165, 1.54) is 12.1 Å². The molecule has 0 bridgehead atoms. The number of nitrogens with zero attached hydrogens (tertiary/aromatic N) is 3. The molecule has 4 nitrogen and oxygen atoms in total. The standard InChI is InChI=1S/C17H30N4/c1-6-7-18-9-15-16(10-19-17(20-15)12(2)3)21-11-13(4)8-14(21)5/h10,12-14,18H,6-9,11H2,1-5H3. The Balaban J connectivity index is 2.25. The van der Waals surface area contributed by atoms with E-state index >= 15 is 0 Å². The Morgan fingerprint density at radius 3 is 2.71 bits per heavy atom. The van der Waals surface area contributed by atoms with E-state index in [2.05, 4.69) is 49.8 Å². The van der Waals surface area contributed by atoms with Crippen molar-refractivity contribution in [1.82, 2.24) is 15.3 Å². The van der Waals surface area contributed by atoms with Crippen LogP contribution in [-0.4, -0.2) is 29.1 Å². The maximum Gasteiger partial charge on any atom is 0.131 e. The van der Waals surface area contributed by atoms with Crippen LogP contribution in [0.1, 0.15) is 64.9 Å². The van der Waals surface area contributed by atoms with Crippen LogP contribution in [0.3, 0.4) is 0 Å². The van der Waals surface area contributed by atoms with E-state index in [1.54, 1.807) is 0 Å². The highest BCUT2D eigenvalue weighted by atomic mass is 15.2. The molecule has 1 N–H and O–H groups in total. The van der Waals surface area contributed by atoms with Gasteiger partial charge in [-0.15, -0.1) is 0 Å². The first-order valence-corrected chi connectivity index (χ1v) is 8.36. The third-order valence-corrected chi connectivity index (χ3v) is 4.19. The molecule has 0 spiro atoms. The molecular weight excluding hydrogens is 260 g/mol. The van der Waals surface area contributed by atoms with E-state index in [0.29, 0.717) is 12.0 Å². The lowest BCUT2D eigenvalue weighted by molar-refractivity contribution is 0.624. The monoisotopic (exact) mass is 290 g/mol. The molecule has 2 heterocycles. The minimum absolute atomic E-state index is 0.374. The minimum Gasteiger partial charge on any atom is -0.366 e. The van der Waals surface area contributed by atoms with Crippen LogP contribution in [0.15, 0.2) is 6.20 Å². The van der Waals surface area contributed by atoms with Gasteiger partial charge in [-0.05, 0) is 32.2 Å². The van der Waals surface area contributed by atoms with Gasteiger partial charge in [0.05, 0.1) is 17.6 Å².